The van der Waals surface area contributed by atoms with Crippen molar-refractivity contribution in [2.24, 2.45) is 5.92 Å². The van der Waals surface area contributed by atoms with Gasteiger partial charge in [0.25, 0.3) is 5.91 Å². The fourth-order valence-corrected chi connectivity index (χ4v) is 3.45. The fourth-order valence-electron chi connectivity index (χ4n) is 3.45. The molecular weight excluding hydrogens is 283 g/mol. The highest BCUT2D eigenvalue weighted by atomic mass is 19.1. The van der Waals surface area contributed by atoms with Crippen LogP contribution < -0.4 is 5.32 Å². The molecule has 2 fully saturated rings. The summed E-state index contributed by atoms with van der Waals surface area (Å²) in [6, 6.07) is 6.66. The Hall–Kier alpha value is -1.46. The lowest BCUT2D eigenvalue weighted by molar-refractivity contribution is -0.150. The predicted octanol–water partition coefficient (Wildman–Crippen LogP) is 1.33. The summed E-state index contributed by atoms with van der Waals surface area (Å²) in [5.41, 5.74) is -0.0612. The zero-order valence-electron chi connectivity index (χ0n) is 12.7. The third kappa shape index (κ3) is 3.31. The Morgan fingerprint density at radius 2 is 2.00 bits per heavy atom. The molecule has 1 atom stereocenters. The average Bonchev–Trinajstić information content (AvgIpc) is 2.98. The summed E-state index contributed by atoms with van der Waals surface area (Å²) < 4.78 is 12.9. The van der Waals surface area contributed by atoms with E-state index in [1.54, 1.807) is 4.90 Å². The SMILES string of the molecule is O=C(N1CCC(Cc2ccc(F)cc2)CC1)C1(O)CCNC1. The van der Waals surface area contributed by atoms with E-state index in [4.69, 9.17) is 0 Å². The second-order valence-corrected chi connectivity index (χ2v) is 6.52. The number of halogens is 1. The van der Waals surface area contributed by atoms with Crippen LogP contribution in [0.2, 0.25) is 0 Å². The summed E-state index contributed by atoms with van der Waals surface area (Å²) in [4.78, 5) is 14.2. The molecule has 2 N–H and O–H groups in total. The molecule has 2 heterocycles. The molecule has 1 amide bonds. The molecule has 0 saturated carbocycles. The molecule has 1 aromatic rings. The van der Waals surface area contributed by atoms with E-state index in [1.165, 1.54) is 12.1 Å². The number of carbonyl (C=O) groups is 1. The fraction of sp³-hybridized carbons (Fsp3) is 0.588. The third-order valence-corrected chi connectivity index (χ3v) is 4.87. The van der Waals surface area contributed by atoms with Crippen LogP contribution in [0, 0.1) is 11.7 Å². The summed E-state index contributed by atoms with van der Waals surface area (Å²) in [6.45, 7) is 2.46. The molecular formula is C17H23FN2O2. The van der Waals surface area contributed by atoms with E-state index in [9.17, 15) is 14.3 Å². The van der Waals surface area contributed by atoms with E-state index < -0.39 is 5.60 Å². The number of benzene rings is 1. The van der Waals surface area contributed by atoms with Crippen molar-refractivity contribution in [1.29, 1.82) is 0 Å². The molecule has 22 heavy (non-hydrogen) atoms. The number of likely N-dealkylation sites (tertiary alicyclic amines) is 1. The Balaban J connectivity index is 1.52. The molecule has 1 unspecified atom stereocenters. The van der Waals surface area contributed by atoms with Gasteiger partial charge in [-0.3, -0.25) is 4.79 Å². The number of amides is 1. The van der Waals surface area contributed by atoms with Gasteiger partial charge in [0.1, 0.15) is 5.82 Å². The molecule has 0 radical (unpaired) electrons. The Morgan fingerprint density at radius 1 is 1.32 bits per heavy atom. The highest BCUT2D eigenvalue weighted by molar-refractivity contribution is 5.85. The molecule has 0 aromatic heterocycles. The number of nitrogens with zero attached hydrogens (tertiary/aromatic N) is 1. The van der Waals surface area contributed by atoms with Crippen molar-refractivity contribution in [2.75, 3.05) is 26.2 Å². The second-order valence-electron chi connectivity index (χ2n) is 6.52. The lowest BCUT2D eigenvalue weighted by Gasteiger charge is -2.36. The van der Waals surface area contributed by atoms with E-state index in [0.717, 1.165) is 24.8 Å². The standard InChI is InChI=1S/C17H23FN2O2/c18-15-3-1-13(2-4-15)11-14-5-9-20(10-6-14)16(21)17(22)7-8-19-12-17/h1-4,14,19,22H,5-12H2. The van der Waals surface area contributed by atoms with Crippen molar-refractivity contribution in [2.45, 2.75) is 31.3 Å². The van der Waals surface area contributed by atoms with Gasteiger partial charge >= 0.3 is 0 Å². The minimum atomic E-state index is -1.20. The highest BCUT2D eigenvalue weighted by Crippen LogP contribution is 2.25. The summed E-state index contributed by atoms with van der Waals surface area (Å²) in [6.07, 6.45) is 3.30. The van der Waals surface area contributed by atoms with Crippen LogP contribution in [0.1, 0.15) is 24.8 Å². The van der Waals surface area contributed by atoms with Gasteiger partial charge in [-0.15, -0.1) is 0 Å². The van der Waals surface area contributed by atoms with Gasteiger partial charge in [0, 0.05) is 19.6 Å². The van der Waals surface area contributed by atoms with Crippen molar-refractivity contribution in [3.8, 4) is 0 Å². The van der Waals surface area contributed by atoms with Crippen molar-refractivity contribution >= 4 is 5.91 Å². The van der Waals surface area contributed by atoms with Crippen molar-refractivity contribution in [1.82, 2.24) is 10.2 Å². The van der Waals surface area contributed by atoms with Gasteiger partial charge in [-0.1, -0.05) is 12.1 Å². The van der Waals surface area contributed by atoms with Crippen molar-refractivity contribution < 1.29 is 14.3 Å². The third-order valence-electron chi connectivity index (χ3n) is 4.87. The second kappa shape index (κ2) is 6.34. The summed E-state index contributed by atoms with van der Waals surface area (Å²) in [7, 11) is 0. The van der Waals surface area contributed by atoms with Crippen LogP contribution in [0.4, 0.5) is 4.39 Å². The van der Waals surface area contributed by atoms with Crippen LogP contribution in [-0.2, 0) is 11.2 Å². The normalized spacial score (nSPS) is 26.4. The van der Waals surface area contributed by atoms with Crippen LogP contribution in [0.25, 0.3) is 0 Å². The molecule has 0 aliphatic carbocycles. The molecule has 2 aliphatic rings. The summed E-state index contributed by atoms with van der Waals surface area (Å²) in [5, 5.41) is 13.4. The minimum absolute atomic E-state index is 0.127. The van der Waals surface area contributed by atoms with Gasteiger partial charge < -0.3 is 15.3 Å². The van der Waals surface area contributed by atoms with Gasteiger partial charge in [-0.05, 0) is 55.8 Å². The van der Waals surface area contributed by atoms with E-state index >= 15 is 0 Å². The van der Waals surface area contributed by atoms with Crippen molar-refractivity contribution in [3.63, 3.8) is 0 Å². The quantitative estimate of drug-likeness (QED) is 0.886. The Kier molecular flexibility index (Phi) is 4.45. The molecule has 2 aliphatic heterocycles. The molecule has 5 heteroatoms. The van der Waals surface area contributed by atoms with Gasteiger partial charge in [0.05, 0.1) is 0 Å². The van der Waals surface area contributed by atoms with Crippen LogP contribution in [0.5, 0.6) is 0 Å². The summed E-state index contributed by atoms with van der Waals surface area (Å²) >= 11 is 0. The molecule has 120 valence electrons. The topological polar surface area (TPSA) is 52.6 Å². The zero-order valence-corrected chi connectivity index (χ0v) is 12.7. The molecule has 0 spiro atoms. The summed E-state index contributed by atoms with van der Waals surface area (Å²) in [5.74, 6) is 0.186. The van der Waals surface area contributed by atoms with Gasteiger partial charge in [-0.2, -0.15) is 0 Å². The molecule has 4 nitrogen and oxygen atoms in total. The monoisotopic (exact) mass is 306 g/mol. The van der Waals surface area contributed by atoms with Crippen LogP contribution >= 0.6 is 0 Å². The molecule has 2 saturated heterocycles. The van der Waals surface area contributed by atoms with Crippen LogP contribution in [0.3, 0.4) is 0 Å². The number of β-amino-alcohol motifs (C(OH)–C–C–N with tert-alkyl or cyclic N) is 1. The predicted molar refractivity (Wildman–Crippen MR) is 81.8 cm³/mol. The molecule has 0 bridgehead atoms. The molecule has 3 rings (SSSR count). The van der Waals surface area contributed by atoms with Crippen LogP contribution in [-0.4, -0.2) is 47.7 Å². The first-order chi connectivity index (χ1) is 10.6. The Morgan fingerprint density at radius 3 is 2.59 bits per heavy atom. The number of rotatable bonds is 3. The van der Waals surface area contributed by atoms with E-state index in [-0.39, 0.29) is 11.7 Å². The minimum Gasteiger partial charge on any atom is -0.379 e. The first-order valence-electron chi connectivity index (χ1n) is 8.04. The zero-order chi connectivity index (χ0) is 15.6. The van der Waals surface area contributed by atoms with Gasteiger partial charge in [0.2, 0.25) is 0 Å². The lowest BCUT2D eigenvalue weighted by atomic mass is 9.89. The van der Waals surface area contributed by atoms with Crippen LogP contribution in [0.15, 0.2) is 24.3 Å². The Labute approximate surface area is 130 Å². The maximum Gasteiger partial charge on any atom is 0.255 e. The smallest absolute Gasteiger partial charge is 0.255 e. The highest BCUT2D eigenvalue weighted by Gasteiger charge is 2.42. The number of carbonyl (C=O) groups excluding carboxylic acids is 1. The number of nitrogens with one attached hydrogen (secondary N) is 1. The largest absolute Gasteiger partial charge is 0.379 e. The van der Waals surface area contributed by atoms with Gasteiger partial charge in [-0.25, -0.2) is 4.39 Å². The van der Waals surface area contributed by atoms with E-state index in [1.807, 2.05) is 12.1 Å². The van der Waals surface area contributed by atoms with Gasteiger partial charge in [0.15, 0.2) is 5.60 Å². The average molecular weight is 306 g/mol. The van der Waals surface area contributed by atoms with E-state index in [2.05, 4.69) is 5.32 Å². The van der Waals surface area contributed by atoms with E-state index in [0.29, 0.717) is 38.5 Å². The van der Waals surface area contributed by atoms with Crippen molar-refractivity contribution in [3.05, 3.63) is 35.6 Å². The number of aliphatic hydroxyl groups is 1. The maximum atomic E-state index is 12.9. The lowest BCUT2D eigenvalue weighted by Crippen LogP contribution is -2.52. The first-order valence-corrected chi connectivity index (χ1v) is 8.04. The number of piperidine rings is 1. The first kappa shape index (κ1) is 15.4. The number of hydrogen-bond acceptors (Lipinski definition) is 3. The maximum absolute atomic E-state index is 12.9. The number of hydrogen-bond donors (Lipinski definition) is 2. The molecule has 1 aromatic carbocycles. The Bertz CT molecular complexity index is 518.